The summed E-state index contributed by atoms with van der Waals surface area (Å²) < 4.78 is 23.3. The summed E-state index contributed by atoms with van der Waals surface area (Å²) in [7, 11) is 1.48. The number of fused-ring (bicyclic) bond motifs is 1. The number of esters is 2. The monoisotopic (exact) mass is 584 g/mol. The van der Waals surface area contributed by atoms with E-state index in [0.717, 1.165) is 0 Å². The first-order valence-electron chi connectivity index (χ1n) is 12.6. The molecule has 0 fully saturated rings. The quantitative estimate of drug-likeness (QED) is 0.352. The number of allylic oxidation sites excluding steroid dienone is 1. The molecule has 0 aliphatic carbocycles. The first kappa shape index (κ1) is 29.1. The number of hydrogen-bond donors (Lipinski definition) is 0. The van der Waals surface area contributed by atoms with E-state index >= 15 is 0 Å². The largest absolute Gasteiger partial charge is 0.493 e. The highest BCUT2D eigenvalue weighted by molar-refractivity contribution is 7.07. The minimum Gasteiger partial charge on any atom is -0.493 e. The third-order valence-corrected chi connectivity index (χ3v) is 7.24. The van der Waals surface area contributed by atoms with Crippen molar-refractivity contribution in [2.45, 2.75) is 39.8 Å². The predicted molar refractivity (Wildman–Crippen MR) is 152 cm³/mol. The highest BCUT2D eigenvalue weighted by Gasteiger charge is 2.34. The van der Waals surface area contributed by atoms with Gasteiger partial charge in [-0.15, -0.1) is 0 Å². The molecular weight excluding hydrogens is 556 g/mol. The van der Waals surface area contributed by atoms with E-state index in [1.54, 1.807) is 76.2 Å². The van der Waals surface area contributed by atoms with Crippen molar-refractivity contribution < 1.29 is 28.5 Å². The van der Waals surface area contributed by atoms with E-state index in [1.165, 1.54) is 23.0 Å². The lowest BCUT2D eigenvalue weighted by atomic mass is 9.96. The molecule has 0 spiro atoms. The molecule has 210 valence electrons. The molecular formula is C29H29ClN2O7S. The Morgan fingerprint density at radius 2 is 1.93 bits per heavy atom. The van der Waals surface area contributed by atoms with Crippen molar-refractivity contribution in [3.05, 3.63) is 89.6 Å². The van der Waals surface area contributed by atoms with Gasteiger partial charge in [0.2, 0.25) is 0 Å². The SMILES string of the molecule is CCOC(=O)C1=C(C)N=c2s/c(=C/c3ccc(OCC(=O)OC(C)C)c(OC)c3)c(=O)n2[C@H]1c1ccccc1Cl. The Labute approximate surface area is 239 Å². The number of halogens is 1. The third kappa shape index (κ3) is 6.13. The third-order valence-electron chi connectivity index (χ3n) is 5.91. The number of benzene rings is 2. The Morgan fingerprint density at radius 3 is 2.60 bits per heavy atom. The maximum absolute atomic E-state index is 13.8. The summed E-state index contributed by atoms with van der Waals surface area (Å²) in [5.41, 5.74) is 1.63. The second kappa shape index (κ2) is 12.5. The number of thiazole rings is 1. The van der Waals surface area contributed by atoms with Crippen LogP contribution in [0.15, 0.2) is 63.5 Å². The number of methoxy groups -OCH3 is 1. The van der Waals surface area contributed by atoms with Gasteiger partial charge in [0, 0.05) is 5.02 Å². The average molecular weight is 585 g/mol. The summed E-state index contributed by atoms with van der Waals surface area (Å²) in [6, 6.07) is 11.4. The summed E-state index contributed by atoms with van der Waals surface area (Å²) in [5.74, 6) is -0.308. The number of nitrogens with zero attached hydrogens (tertiary/aromatic N) is 2. The highest BCUT2D eigenvalue weighted by atomic mass is 35.5. The van der Waals surface area contributed by atoms with Gasteiger partial charge in [0.05, 0.1) is 35.6 Å². The van der Waals surface area contributed by atoms with Gasteiger partial charge in [0.1, 0.15) is 6.04 Å². The van der Waals surface area contributed by atoms with Crippen LogP contribution >= 0.6 is 22.9 Å². The Bertz CT molecular complexity index is 1660. The Hall–Kier alpha value is -3.89. The fourth-order valence-electron chi connectivity index (χ4n) is 4.26. The van der Waals surface area contributed by atoms with E-state index in [1.807, 2.05) is 0 Å². The first-order chi connectivity index (χ1) is 19.1. The molecule has 4 rings (SSSR count). The van der Waals surface area contributed by atoms with Gasteiger partial charge in [-0.25, -0.2) is 14.6 Å². The maximum Gasteiger partial charge on any atom is 0.344 e. The summed E-state index contributed by atoms with van der Waals surface area (Å²) in [4.78, 5) is 43.7. The van der Waals surface area contributed by atoms with E-state index in [4.69, 9.17) is 30.5 Å². The summed E-state index contributed by atoms with van der Waals surface area (Å²) in [6.45, 7) is 6.86. The Kier molecular flexibility index (Phi) is 9.11. The second-order valence-electron chi connectivity index (χ2n) is 9.06. The van der Waals surface area contributed by atoms with E-state index in [-0.39, 0.29) is 30.5 Å². The van der Waals surface area contributed by atoms with Crippen molar-refractivity contribution in [3.63, 3.8) is 0 Å². The molecule has 0 amide bonds. The normalized spacial score (nSPS) is 15.0. The van der Waals surface area contributed by atoms with Gasteiger partial charge in [-0.2, -0.15) is 0 Å². The van der Waals surface area contributed by atoms with E-state index < -0.39 is 18.0 Å². The fraction of sp³-hybridized carbons (Fsp3) is 0.310. The maximum atomic E-state index is 13.8. The number of ether oxygens (including phenoxy) is 4. The van der Waals surface area contributed by atoms with Crippen LogP contribution in [0.5, 0.6) is 11.5 Å². The number of rotatable bonds is 9. The van der Waals surface area contributed by atoms with Gasteiger partial charge in [0.15, 0.2) is 22.9 Å². The topological polar surface area (TPSA) is 105 Å². The Balaban J connectivity index is 1.77. The molecule has 1 aliphatic heterocycles. The molecule has 0 radical (unpaired) electrons. The molecule has 1 aromatic heterocycles. The summed E-state index contributed by atoms with van der Waals surface area (Å²) in [5, 5.41) is 0.413. The van der Waals surface area contributed by atoms with Crippen LogP contribution in [0.1, 0.15) is 44.9 Å². The van der Waals surface area contributed by atoms with Crippen LogP contribution in [0.25, 0.3) is 6.08 Å². The van der Waals surface area contributed by atoms with Gasteiger partial charge in [-0.1, -0.05) is 47.2 Å². The van der Waals surface area contributed by atoms with Crippen molar-refractivity contribution in [1.82, 2.24) is 4.57 Å². The van der Waals surface area contributed by atoms with Crippen molar-refractivity contribution >= 4 is 41.0 Å². The molecule has 1 aliphatic rings. The smallest absolute Gasteiger partial charge is 0.344 e. The molecule has 2 aromatic carbocycles. The molecule has 3 aromatic rings. The van der Waals surface area contributed by atoms with Crippen LogP contribution in [-0.4, -0.2) is 42.9 Å². The molecule has 0 bridgehead atoms. The standard InChI is InChI=1S/C29H29ClN2O7S/c1-6-37-28(35)25-17(4)31-29-32(26(25)19-9-7-8-10-20(19)30)27(34)23(40-29)14-18-11-12-21(22(13-18)36-5)38-15-24(33)39-16(2)3/h7-14,16,26H,6,15H2,1-5H3/b23-14+/t26-/m0/s1. The van der Waals surface area contributed by atoms with Crippen molar-refractivity contribution in [3.8, 4) is 11.5 Å². The zero-order valence-corrected chi connectivity index (χ0v) is 24.3. The zero-order chi connectivity index (χ0) is 29.0. The molecule has 0 N–H and O–H groups in total. The summed E-state index contributed by atoms with van der Waals surface area (Å²) in [6.07, 6.45) is 1.46. The molecule has 9 nitrogen and oxygen atoms in total. The predicted octanol–water partition coefficient (Wildman–Crippen LogP) is 3.79. The number of carbonyl (C=O) groups is 2. The van der Waals surface area contributed by atoms with Crippen molar-refractivity contribution in [1.29, 1.82) is 0 Å². The fourth-order valence-corrected chi connectivity index (χ4v) is 5.55. The lowest BCUT2D eigenvalue weighted by molar-refractivity contribution is -0.149. The van der Waals surface area contributed by atoms with Gasteiger partial charge < -0.3 is 18.9 Å². The molecule has 40 heavy (non-hydrogen) atoms. The molecule has 0 unspecified atom stereocenters. The van der Waals surface area contributed by atoms with Gasteiger partial charge in [-0.3, -0.25) is 9.36 Å². The zero-order valence-electron chi connectivity index (χ0n) is 22.7. The molecule has 1 atom stereocenters. The molecule has 0 saturated carbocycles. The van der Waals surface area contributed by atoms with Crippen LogP contribution < -0.4 is 24.4 Å². The van der Waals surface area contributed by atoms with Crippen LogP contribution in [-0.2, 0) is 19.1 Å². The van der Waals surface area contributed by atoms with Crippen LogP contribution in [0.3, 0.4) is 0 Å². The number of aromatic nitrogens is 1. The first-order valence-corrected chi connectivity index (χ1v) is 13.8. The molecule has 0 saturated heterocycles. The van der Waals surface area contributed by atoms with Gasteiger partial charge >= 0.3 is 11.9 Å². The van der Waals surface area contributed by atoms with Crippen molar-refractivity contribution in [2.24, 2.45) is 4.99 Å². The number of carbonyl (C=O) groups excluding carboxylic acids is 2. The van der Waals surface area contributed by atoms with E-state index in [0.29, 0.717) is 42.7 Å². The second-order valence-corrected chi connectivity index (χ2v) is 10.5. The van der Waals surface area contributed by atoms with Crippen LogP contribution in [0.4, 0.5) is 0 Å². The van der Waals surface area contributed by atoms with Gasteiger partial charge in [-0.05, 0) is 63.1 Å². The lowest BCUT2D eigenvalue weighted by Gasteiger charge is -2.25. The molecule has 2 heterocycles. The van der Waals surface area contributed by atoms with Gasteiger partial charge in [0.25, 0.3) is 5.56 Å². The van der Waals surface area contributed by atoms with E-state index in [9.17, 15) is 14.4 Å². The molecule has 11 heteroatoms. The minimum absolute atomic E-state index is 0.176. The van der Waals surface area contributed by atoms with Crippen molar-refractivity contribution in [2.75, 3.05) is 20.3 Å². The number of hydrogen-bond acceptors (Lipinski definition) is 9. The summed E-state index contributed by atoms with van der Waals surface area (Å²) >= 11 is 7.74. The van der Waals surface area contributed by atoms with Crippen LogP contribution in [0, 0.1) is 0 Å². The highest BCUT2D eigenvalue weighted by Crippen LogP contribution is 2.34. The lowest BCUT2D eigenvalue weighted by Crippen LogP contribution is -2.40. The minimum atomic E-state index is -0.804. The van der Waals surface area contributed by atoms with E-state index in [2.05, 4.69) is 4.99 Å². The Morgan fingerprint density at radius 1 is 1.18 bits per heavy atom. The average Bonchev–Trinajstić information content (AvgIpc) is 3.21. The van der Waals surface area contributed by atoms with Crippen LogP contribution in [0.2, 0.25) is 5.02 Å².